The number of hydrogen-bond acceptors (Lipinski definition) is 2. The topological polar surface area (TPSA) is 49.3 Å². The van der Waals surface area contributed by atoms with Gasteiger partial charge >= 0.3 is 12.3 Å². The first-order chi connectivity index (χ1) is 8.19. The summed E-state index contributed by atoms with van der Waals surface area (Å²) >= 11 is 0.479. The summed E-state index contributed by atoms with van der Waals surface area (Å²) in [6, 6.07) is 2.04. The molecule has 0 radical (unpaired) electrons. The van der Waals surface area contributed by atoms with Crippen LogP contribution in [0.25, 0.3) is 0 Å². The third-order valence-corrected chi connectivity index (χ3v) is 3.12. The van der Waals surface area contributed by atoms with Crippen LogP contribution in [0.5, 0.6) is 0 Å². The Bertz CT molecular complexity index is 462. The van der Waals surface area contributed by atoms with Gasteiger partial charge in [-0.25, -0.2) is 9.18 Å². The Kier molecular flexibility index (Phi) is 4.44. The van der Waals surface area contributed by atoms with Gasteiger partial charge in [0.05, 0.1) is 11.4 Å². The predicted octanol–water partition coefficient (Wildman–Crippen LogP) is 3.88. The van der Waals surface area contributed by atoms with Crippen LogP contribution >= 0.6 is 11.8 Å². The molecule has 2 N–H and O–H groups in total. The second kappa shape index (κ2) is 5.47. The monoisotopic (exact) mass is 283 g/mol. The average Bonchev–Trinajstić information content (AvgIpc) is 2.18. The van der Waals surface area contributed by atoms with Crippen molar-refractivity contribution in [2.75, 3.05) is 11.1 Å². The molecule has 0 unspecified atom stereocenters. The van der Waals surface area contributed by atoms with E-state index in [1.807, 2.05) is 0 Å². The molecular formula is C10H9F4NO2S. The highest BCUT2D eigenvalue weighted by atomic mass is 32.2. The smallest absolute Gasteiger partial charge is 0.409 e. The van der Waals surface area contributed by atoms with E-state index in [1.54, 1.807) is 5.32 Å². The van der Waals surface area contributed by atoms with Crippen molar-refractivity contribution in [1.29, 1.82) is 0 Å². The van der Waals surface area contributed by atoms with Crippen LogP contribution in [0, 0.1) is 12.7 Å². The third-order valence-electron chi connectivity index (χ3n) is 1.90. The standard InChI is InChI=1S/C10H9F4NO2S/c1-5-2-6(11)7(15-9(16)17)3-8(5)18-4-10(12,13)14/h2-3,15H,4H2,1H3,(H,16,17). The SMILES string of the molecule is Cc1cc(F)c(NC(=O)O)cc1SCC(F)(F)F. The van der Waals surface area contributed by atoms with E-state index >= 15 is 0 Å². The molecule has 0 aliphatic rings. The van der Waals surface area contributed by atoms with Gasteiger partial charge in [0.1, 0.15) is 5.82 Å². The van der Waals surface area contributed by atoms with Crippen LogP contribution in [0.2, 0.25) is 0 Å². The zero-order valence-electron chi connectivity index (χ0n) is 9.14. The number of hydrogen-bond donors (Lipinski definition) is 2. The lowest BCUT2D eigenvalue weighted by Gasteiger charge is -2.11. The van der Waals surface area contributed by atoms with Gasteiger partial charge in [0.15, 0.2) is 0 Å². The van der Waals surface area contributed by atoms with Crippen LogP contribution in [-0.4, -0.2) is 23.1 Å². The zero-order chi connectivity index (χ0) is 13.9. The maximum atomic E-state index is 13.3. The minimum Gasteiger partial charge on any atom is -0.465 e. The van der Waals surface area contributed by atoms with Gasteiger partial charge in [0, 0.05) is 4.90 Å². The highest BCUT2D eigenvalue weighted by Gasteiger charge is 2.27. The molecule has 0 aliphatic carbocycles. The van der Waals surface area contributed by atoms with Crippen LogP contribution in [0.4, 0.5) is 28.0 Å². The first-order valence-corrected chi connectivity index (χ1v) is 5.67. The number of carbonyl (C=O) groups is 1. The molecule has 0 heterocycles. The van der Waals surface area contributed by atoms with Gasteiger partial charge in [-0.2, -0.15) is 13.2 Å². The number of thioether (sulfide) groups is 1. The van der Waals surface area contributed by atoms with Crippen molar-refractivity contribution in [3.05, 3.63) is 23.5 Å². The summed E-state index contributed by atoms with van der Waals surface area (Å²) in [4.78, 5) is 10.5. The Hall–Kier alpha value is -1.44. The van der Waals surface area contributed by atoms with Crippen LogP contribution in [-0.2, 0) is 0 Å². The van der Waals surface area contributed by atoms with Crippen LogP contribution < -0.4 is 5.32 Å². The molecule has 0 saturated heterocycles. The van der Waals surface area contributed by atoms with E-state index in [2.05, 4.69) is 0 Å². The lowest BCUT2D eigenvalue weighted by atomic mass is 10.2. The van der Waals surface area contributed by atoms with Gasteiger partial charge < -0.3 is 5.11 Å². The van der Waals surface area contributed by atoms with Crippen molar-refractivity contribution in [3.8, 4) is 0 Å². The summed E-state index contributed by atoms with van der Waals surface area (Å²) in [6.45, 7) is 1.45. The summed E-state index contributed by atoms with van der Waals surface area (Å²) in [5.74, 6) is -1.95. The maximum Gasteiger partial charge on any atom is 0.409 e. The molecule has 0 saturated carbocycles. The Morgan fingerprint density at radius 2 is 2.06 bits per heavy atom. The summed E-state index contributed by atoms with van der Waals surface area (Å²) < 4.78 is 49.5. The van der Waals surface area contributed by atoms with E-state index in [0.29, 0.717) is 17.3 Å². The molecule has 1 rings (SSSR count). The predicted molar refractivity (Wildman–Crippen MR) is 59.6 cm³/mol. The number of benzene rings is 1. The molecule has 0 atom stereocenters. The second-order valence-corrected chi connectivity index (χ2v) is 4.45. The molecule has 0 spiro atoms. The lowest BCUT2D eigenvalue weighted by Crippen LogP contribution is -2.11. The van der Waals surface area contributed by atoms with Gasteiger partial charge in [0.25, 0.3) is 0 Å². The Balaban J connectivity index is 2.94. The van der Waals surface area contributed by atoms with E-state index in [4.69, 9.17) is 5.11 Å². The summed E-state index contributed by atoms with van der Waals surface area (Å²) in [6.07, 6.45) is -5.82. The average molecular weight is 283 g/mol. The Labute approximate surface area is 104 Å². The number of aryl methyl sites for hydroxylation is 1. The van der Waals surface area contributed by atoms with Crippen molar-refractivity contribution in [1.82, 2.24) is 0 Å². The second-order valence-electron chi connectivity index (χ2n) is 3.43. The molecule has 100 valence electrons. The quantitative estimate of drug-likeness (QED) is 0.653. The molecule has 1 aromatic carbocycles. The molecule has 1 amide bonds. The molecule has 3 nitrogen and oxygen atoms in total. The molecular weight excluding hydrogens is 274 g/mol. The summed E-state index contributed by atoms with van der Waals surface area (Å²) in [5.41, 5.74) is -0.0459. The van der Waals surface area contributed by atoms with Gasteiger partial charge in [-0.1, -0.05) is 0 Å². The molecule has 0 fully saturated rings. The van der Waals surface area contributed by atoms with Crippen molar-refractivity contribution in [2.45, 2.75) is 18.0 Å². The van der Waals surface area contributed by atoms with E-state index in [9.17, 15) is 22.4 Å². The molecule has 0 bridgehead atoms. The molecule has 1 aromatic rings. The highest BCUT2D eigenvalue weighted by Crippen LogP contribution is 2.32. The molecule has 8 heteroatoms. The zero-order valence-corrected chi connectivity index (χ0v) is 9.95. The van der Waals surface area contributed by atoms with Crippen molar-refractivity contribution in [3.63, 3.8) is 0 Å². The van der Waals surface area contributed by atoms with Crippen molar-refractivity contribution >= 4 is 23.5 Å². The number of alkyl halides is 3. The third kappa shape index (κ3) is 4.44. The lowest BCUT2D eigenvalue weighted by molar-refractivity contribution is -0.105. The Morgan fingerprint density at radius 3 is 2.56 bits per heavy atom. The number of amides is 1. The molecule has 0 aromatic heterocycles. The van der Waals surface area contributed by atoms with E-state index in [1.165, 1.54) is 6.92 Å². The number of anilines is 1. The first kappa shape index (κ1) is 14.6. The van der Waals surface area contributed by atoms with Gasteiger partial charge in [0.2, 0.25) is 0 Å². The Morgan fingerprint density at radius 1 is 1.44 bits per heavy atom. The molecule has 18 heavy (non-hydrogen) atoms. The van der Waals surface area contributed by atoms with Gasteiger partial charge in [-0.3, -0.25) is 5.32 Å². The van der Waals surface area contributed by atoms with Gasteiger partial charge in [-0.05, 0) is 24.6 Å². The van der Waals surface area contributed by atoms with Crippen molar-refractivity contribution < 1.29 is 27.5 Å². The fourth-order valence-electron chi connectivity index (χ4n) is 1.18. The van der Waals surface area contributed by atoms with Crippen LogP contribution in [0.3, 0.4) is 0 Å². The number of rotatable bonds is 3. The number of halogens is 4. The van der Waals surface area contributed by atoms with E-state index < -0.39 is 23.8 Å². The minimum absolute atomic E-state index is 0.178. The largest absolute Gasteiger partial charge is 0.465 e. The minimum atomic E-state index is -4.34. The van der Waals surface area contributed by atoms with Crippen LogP contribution in [0.1, 0.15) is 5.56 Å². The fourth-order valence-corrected chi connectivity index (χ4v) is 1.99. The first-order valence-electron chi connectivity index (χ1n) is 4.68. The fraction of sp³-hybridized carbons (Fsp3) is 0.300. The summed E-state index contributed by atoms with van der Waals surface area (Å²) in [7, 11) is 0. The van der Waals surface area contributed by atoms with E-state index in [-0.39, 0.29) is 10.6 Å². The number of nitrogens with one attached hydrogen (secondary N) is 1. The van der Waals surface area contributed by atoms with Gasteiger partial charge in [-0.15, -0.1) is 11.8 Å². The highest BCUT2D eigenvalue weighted by molar-refractivity contribution is 7.99. The van der Waals surface area contributed by atoms with E-state index in [0.717, 1.165) is 12.1 Å². The van der Waals surface area contributed by atoms with Crippen LogP contribution in [0.15, 0.2) is 17.0 Å². The maximum absolute atomic E-state index is 13.3. The normalized spacial score (nSPS) is 11.4. The molecule has 0 aliphatic heterocycles. The number of carboxylic acid groups (broad SMARTS) is 1. The summed E-state index contributed by atoms with van der Waals surface area (Å²) in [5, 5.41) is 10.2. The van der Waals surface area contributed by atoms with Crippen molar-refractivity contribution in [2.24, 2.45) is 0 Å².